The Kier molecular flexibility index (Phi) is 9.80. The molecule has 1 heterocycles. The maximum absolute atomic E-state index is 12.9. The van der Waals surface area contributed by atoms with Gasteiger partial charge in [0.15, 0.2) is 0 Å². The van der Waals surface area contributed by atoms with Crippen molar-refractivity contribution >= 4 is 29.6 Å². The van der Waals surface area contributed by atoms with Crippen LogP contribution in [0.4, 0.5) is 0 Å². The molecule has 7 N–H and O–H groups in total. The van der Waals surface area contributed by atoms with Gasteiger partial charge in [-0.3, -0.25) is 19.2 Å². The van der Waals surface area contributed by atoms with Gasteiger partial charge in [-0.05, 0) is 38.3 Å². The average Bonchev–Trinajstić information content (AvgIpc) is 3.31. The van der Waals surface area contributed by atoms with Crippen LogP contribution in [0, 0.1) is 0 Å². The molecule has 1 saturated heterocycles. The summed E-state index contributed by atoms with van der Waals surface area (Å²) in [5, 5.41) is 20.0. The highest BCUT2D eigenvalue weighted by Gasteiger charge is 2.30. The molecule has 11 heteroatoms. The van der Waals surface area contributed by atoms with Crippen molar-refractivity contribution in [2.45, 2.75) is 63.2 Å². The van der Waals surface area contributed by atoms with Crippen LogP contribution < -0.4 is 27.0 Å². The monoisotopic (exact) mass is 461 g/mol. The topological polar surface area (TPSA) is 180 Å². The maximum Gasteiger partial charge on any atom is 0.326 e. The van der Waals surface area contributed by atoms with Gasteiger partial charge in [0.1, 0.15) is 18.1 Å². The first-order valence-electron chi connectivity index (χ1n) is 10.9. The third kappa shape index (κ3) is 8.53. The summed E-state index contributed by atoms with van der Waals surface area (Å²) in [6.07, 6.45) is 1.26. The number of benzene rings is 1. The van der Waals surface area contributed by atoms with Crippen molar-refractivity contribution in [3.63, 3.8) is 0 Å². The average molecular weight is 462 g/mol. The van der Waals surface area contributed by atoms with Gasteiger partial charge in [0.2, 0.25) is 23.6 Å². The van der Waals surface area contributed by atoms with Crippen molar-refractivity contribution in [1.29, 1.82) is 0 Å². The minimum Gasteiger partial charge on any atom is -0.480 e. The number of nitrogens with one attached hydrogen (secondary N) is 4. The van der Waals surface area contributed by atoms with Crippen LogP contribution in [-0.4, -0.2) is 65.4 Å². The van der Waals surface area contributed by atoms with Gasteiger partial charge in [-0.15, -0.1) is 0 Å². The van der Waals surface area contributed by atoms with E-state index in [1.54, 1.807) is 30.3 Å². The molecule has 2 rings (SSSR count). The molecule has 0 bridgehead atoms. The Hall–Kier alpha value is -3.47. The number of carboxylic acids is 1. The molecule has 4 atom stereocenters. The normalized spacial score (nSPS) is 17.9. The van der Waals surface area contributed by atoms with Gasteiger partial charge in [0, 0.05) is 12.8 Å². The smallest absolute Gasteiger partial charge is 0.326 e. The molecule has 0 radical (unpaired) electrons. The summed E-state index contributed by atoms with van der Waals surface area (Å²) in [5.41, 5.74) is 5.82. The van der Waals surface area contributed by atoms with E-state index < -0.39 is 41.8 Å². The highest BCUT2D eigenvalue weighted by molar-refractivity contribution is 5.94. The number of carbonyl (C=O) groups excluding carboxylic acids is 4. The molecule has 0 aliphatic carbocycles. The van der Waals surface area contributed by atoms with E-state index in [1.807, 2.05) is 0 Å². The molecule has 1 aromatic carbocycles. The molecule has 11 nitrogen and oxygen atoms in total. The fraction of sp³-hybridized carbons (Fsp3) is 0.500. The van der Waals surface area contributed by atoms with Crippen LogP contribution in [0.2, 0.25) is 0 Å². The van der Waals surface area contributed by atoms with Crippen LogP contribution in [0.1, 0.15) is 38.2 Å². The number of aliphatic carboxylic acids is 1. The Balaban J connectivity index is 2.07. The Labute approximate surface area is 191 Å². The van der Waals surface area contributed by atoms with Crippen LogP contribution >= 0.6 is 0 Å². The molecule has 0 spiro atoms. The molecule has 1 aliphatic heterocycles. The second-order valence-corrected chi connectivity index (χ2v) is 8.03. The Morgan fingerprint density at radius 1 is 1.06 bits per heavy atom. The molecule has 33 heavy (non-hydrogen) atoms. The zero-order valence-electron chi connectivity index (χ0n) is 18.5. The van der Waals surface area contributed by atoms with Gasteiger partial charge in [0.05, 0.1) is 6.04 Å². The molecule has 4 unspecified atom stereocenters. The molecule has 4 amide bonds. The summed E-state index contributed by atoms with van der Waals surface area (Å²) >= 11 is 0. The molecule has 1 aliphatic rings. The summed E-state index contributed by atoms with van der Waals surface area (Å²) in [6.45, 7) is 2.24. The molecular weight excluding hydrogens is 430 g/mol. The lowest BCUT2D eigenvalue weighted by atomic mass is 10.0. The van der Waals surface area contributed by atoms with Crippen molar-refractivity contribution in [3.05, 3.63) is 35.9 Å². The van der Waals surface area contributed by atoms with Crippen LogP contribution in [0.5, 0.6) is 0 Å². The second kappa shape index (κ2) is 12.5. The van der Waals surface area contributed by atoms with Gasteiger partial charge >= 0.3 is 5.97 Å². The lowest BCUT2D eigenvalue weighted by molar-refractivity contribution is -0.142. The first-order valence-corrected chi connectivity index (χ1v) is 10.9. The number of rotatable bonds is 12. The van der Waals surface area contributed by atoms with E-state index >= 15 is 0 Å². The lowest BCUT2D eigenvalue weighted by Crippen LogP contribution is -2.56. The van der Waals surface area contributed by atoms with Crippen molar-refractivity contribution in [3.8, 4) is 0 Å². The fourth-order valence-electron chi connectivity index (χ4n) is 3.46. The van der Waals surface area contributed by atoms with Gasteiger partial charge in [0.25, 0.3) is 0 Å². The second-order valence-electron chi connectivity index (χ2n) is 8.03. The Bertz CT molecular complexity index is 856. The number of carboxylic acid groups (broad SMARTS) is 1. The van der Waals surface area contributed by atoms with Gasteiger partial charge < -0.3 is 32.1 Å². The minimum atomic E-state index is -1.34. The van der Waals surface area contributed by atoms with Gasteiger partial charge in [-0.1, -0.05) is 30.3 Å². The van der Waals surface area contributed by atoms with E-state index in [9.17, 15) is 29.1 Å². The zero-order valence-corrected chi connectivity index (χ0v) is 18.5. The molecular formula is C22H31N5O6. The first-order chi connectivity index (χ1) is 15.7. The number of amides is 4. The summed E-state index contributed by atoms with van der Waals surface area (Å²) in [6, 6.07) is 5.19. The van der Waals surface area contributed by atoms with E-state index in [1.165, 1.54) is 6.92 Å². The van der Waals surface area contributed by atoms with Crippen LogP contribution in [0.25, 0.3) is 0 Å². The predicted molar refractivity (Wildman–Crippen MR) is 119 cm³/mol. The van der Waals surface area contributed by atoms with E-state index in [-0.39, 0.29) is 31.2 Å². The SMILES string of the molecule is CC(NC(=O)C1CCCN1)C(=O)NC(Cc1ccccc1)C(=O)NC(CCC(N)=O)C(=O)O. The van der Waals surface area contributed by atoms with E-state index in [2.05, 4.69) is 21.3 Å². The summed E-state index contributed by atoms with van der Waals surface area (Å²) in [7, 11) is 0. The van der Waals surface area contributed by atoms with Crippen molar-refractivity contribution in [2.24, 2.45) is 5.73 Å². The Morgan fingerprint density at radius 3 is 2.30 bits per heavy atom. The quantitative estimate of drug-likeness (QED) is 0.226. The van der Waals surface area contributed by atoms with Crippen molar-refractivity contribution in [2.75, 3.05) is 6.54 Å². The fourth-order valence-corrected chi connectivity index (χ4v) is 3.46. The summed E-state index contributed by atoms with van der Waals surface area (Å²) in [5.74, 6) is -3.61. The lowest BCUT2D eigenvalue weighted by Gasteiger charge is -2.24. The predicted octanol–water partition coefficient (Wildman–Crippen LogP) is -1.19. The largest absolute Gasteiger partial charge is 0.480 e. The van der Waals surface area contributed by atoms with Crippen LogP contribution in [0.3, 0.4) is 0 Å². The van der Waals surface area contributed by atoms with E-state index in [4.69, 9.17) is 5.73 Å². The molecule has 1 fully saturated rings. The number of hydrogen-bond acceptors (Lipinski definition) is 6. The zero-order chi connectivity index (χ0) is 24.4. The summed E-state index contributed by atoms with van der Waals surface area (Å²) < 4.78 is 0. The van der Waals surface area contributed by atoms with Crippen LogP contribution in [0.15, 0.2) is 30.3 Å². The molecule has 1 aromatic rings. The van der Waals surface area contributed by atoms with Crippen molar-refractivity contribution in [1.82, 2.24) is 21.3 Å². The molecule has 0 aromatic heterocycles. The van der Waals surface area contributed by atoms with E-state index in [0.29, 0.717) is 6.42 Å². The summed E-state index contributed by atoms with van der Waals surface area (Å²) in [4.78, 5) is 60.4. The number of carbonyl (C=O) groups is 5. The highest BCUT2D eigenvalue weighted by atomic mass is 16.4. The van der Waals surface area contributed by atoms with Crippen LogP contribution in [-0.2, 0) is 30.4 Å². The minimum absolute atomic E-state index is 0.103. The number of nitrogens with two attached hydrogens (primary N) is 1. The third-order valence-electron chi connectivity index (χ3n) is 5.34. The number of primary amides is 1. The number of hydrogen-bond donors (Lipinski definition) is 6. The first kappa shape index (κ1) is 25.8. The van der Waals surface area contributed by atoms with Gasteiger partial charge in [-0.25, -0.2) is 4.79 Å². The third-order valence-corrected chi connectivity index (χ3v) is 5.34. The van der Waals surface area contributed by atoms with Gasteiger partial charge in [-0.2, -0.15) is 0 Å². The standard InChI is InChI=1S/C22H31N5O6/c1-13(25-20(30)15-8-5-11-24-15)19(29)27-17(12-14-6-3-2-4-7-14)21(31)26-16(22(32)33)9-10-18(23)28/h2-4,6-7,13,15-17,24H,5,8-12H2,1H3,(H2,23,28)(H,25,30)(H,26,31)(H,27,29)(H,32,33). The highest BCUT2D eigenvalue weighted by Crippen LogP contribution is 2.07. The molecule has 0 saturated carbocycles. The maximum atomic E-state index is 12.9. The molecule has 180 valence electrons. The Morgan fingerprint density at radius 2 is 1.73 bits per heavy atom. The van der Waals surface area contributed by atoms with E-state index in [0.717, 1.165) is 18.5 Å². The van der Waals surface area contributed by atoms with Crippen molar-refractivity contribution < 1.29 is 29.1 Å².